The number of fused-ring (bicyclic) bond motifs is 1. The molecule has 1 atom stereocenters. The van der Waals surface area contributed by atoms with Gasteiger partial charge in [0, 0.05) is 35.9 Å². The first kappa shape index (κ1) is 13.9. The molecular formula is C18H13ClN4. The van der Waals surface area contributed by atoms with E-state index in [1.54, 1.807) is 18.7 Å². The number of H-pyrrole nitrogens is 1. The van der Waals surface area contributed by atoms with Crippen LogP contribution in [-0.4, -0.2) is 19.9 Å². The monoisotopic (exact) mass is 320 g/mol. The predicted molar refractivity (Wildman–Crippen MR) is 90.5 cm³/mol. The number of rotatable bonds is 3. The molecule has 3 heterocycles. The molecule has 0 aliphatic heterocycles. The van der Waals surface area contributed by atoms with Crippen molar-refractivity contribution in [2.75, 3.05) is 0 Å². The molecule has 1 N–H and O–H groups in total. The zero-order valence-corrected chi connectivity index (χ0v) is 12.9. The summed E-state index contributed by atoms with van der Waals surface area (Å²) in [5.74, 6) is -0.0525. The molecule has 0 spiro atoms. The maximum absolute atomic E-state index is 6.71. The van der Waals surface area contributed by atoms with Crippen LogP contribution in [0.4, 0.5) is 0 Å². The summed E-state index contributed by atoms with van der Waals surface area (Å²) in [7, 11) is 0. The number of aromatic amines is 1. The number of halogens is 1. The molecule has 23 heavy (non-hydrogen) atoms. The van der Waals surface area contributed by atoms with Gasteiger partial charge in [-0.25, -0.2) is 4.98 Å². The van der Waals surface area contributed by atoms with E-state index in [0.29, 0.717) is 5.02 Å². The lowest BCUT2D eigenvalue weighted by Crippen LogP contribution is -2.05. The second-order valence-corrected chi connectivity index (χ2v) is 5.64. The molecule has 5 heteroatoms. The summed E-state index contributed by atoms with van der Waals surface area (Å²) in [4.78, 5) is 16.0. The first-order valence-electron chi connectivity index (χ1n) is 7.26. The van der Waals surface area contributed by atoms with E-state index in [2.05, 4.69) is 19.9 Å². The molecule has 4 aromatic rings. The number of hydrogen-bond acceptors (Lipinski definition) is 3. The van der Waals surface area contributed by atoms with Gasteiger partial charge in [-0.1, -0.05) is 23.7 Å². The van der Waals surface area contributed by atoms with Crippen LogP contribution in [0.25, 0.3) is 10.9 Å². The van der Waals surface area contributed by atoms with Crippen molar-refractivity contribution >= 4 is 22.5 Å². The van der Waals surface area contributed by atoms with Gasteiger partial charge >= 0.3 is 0 Å². The fourth-order valence-electron chi connectivity index (χ4n) is 2.85. The number of nitrogens with zero attached hydrogens (tertiary/aromatic N) is 3. The minimum absolute atomic E-state index is 0.0525. The Morgan fingerprint density at radius 1 is 0.957 bits per heavy atom. The maximum atomic E-state index is 6.71. The lowest BCUT2D eigenvalue weighted by molar-refractivity contribution is 0.925. The Labute approximate surface area is 138 Å². The summed E-state index contributed by atoms with van der Waals surface area (Å²) in [6.07, 6.45) is 8.89. The van der Waals surface area contributed by atoms with E-state index in [4.69, 9.17) is 11.6 Å². The fourth-order valence-corrected chi connectivity index (χ4v) is 3.19. The average Bonchev–Trinajstić information content (AvgIpc) is 3.13. The first-order chi connectivity index (χ1) is 11.3. The van der Waals surface area contributed by atoms with Crippen LogP contribution in [0, 0.1) is 0 Å². The average molecular weight is 321 g/mol. The van der Waals surface area contributed by atoms with Crippen molar-refractivity contribution in [2.45, 2.75) is 5.92 Å². The second kappa shape index (κ2) is 5.82. The van der Waals surface area contributed by atoms with E-state index in [0.717, 1.165) is 27.7 Å². The summed E-state index contributed by atoms with van der Waals surface area (Å²) in [5.41, 5.74) is 3.92. The number of benzene rings is 1. The van der Waals surface area contributed by atoms with Crippen molar-refractivity contribution in [3.63, 3.8) is 0 Å². The quantitative estimate of drug-likeness (QED) is 0.616. The van der Waals surface area contributed by atoms with Crippen LogP contribution in [0.3, 0.4) is 0 Å². The van der Waals surface area contributed by atoms with Gasteiger partial charge in [-0.05, 0) is 35.4 Å². The summed E-state index contributed by atoms with van der Waals surface area (Å²) in [6, 6.07) is 11.9. The largest absolute Gasteiger partial charge is 0.348 e. The zero-order chi connectivity index (χ0) is 15.6. The molecule has 3 aromatic heterocycles. The van der Waals surface area contributed by atoms with E-state index in [1.165, 1.54) is 0 Å². The number of nitrogens with one attached hydrogen (secondary N) is 1. The standard InChI is InChI=1S/C18H13ClN4/c19-18-13-4-2-8-22-15(13)6-5-14(18)17(16-10-21-11-23-16)12-3-1-7-20-9-12/h1-11,17H,(H,21,23). The number of pyridine rings is 2. The van der Waals surface area contributed by atoms with Crippen molar-refractivity contribution in [1.82, 2.24) is 19.9 Å². The summed E-state index contributed by atoms with van der Waals surface area (Å²) in [5, 5.41) is 1.65. The van der Waals surface area contributed by atoms with Crippen molar-refractivity contribution in [1.29, 1.82) is 0 Å². The Kier molecular flexibility index (Phi) is 3.52. The van der Waals surface area contributed by atoms with Gasteiger partial charge in [0.1, 0.15) is 0 Å². The van der Waals surface area contributed by atoms with Crippen LogP contribution in [0.15, 0.2) is 67.5 Å². The molecule has 4 nitrogen and oxygen atoms in total. The molecule has 0 saturated carbocycles. The lowest BCUT2D eigenvalue weighted by atomic mass is 9.89. The van der Waals surface area contributed by atoms with Gasteiger partial charge in [-0.3, -0.25) is 9.97 Å². The van der Waals surface area contributed by atoms with E-state index < -0.39 is 0 Å². The van der Waals surface area contributed by atoms with E-state index in [-0.39, 0.29) is 5.92 Å². The third-order valence-electron chi connectivity index (χ3n) is 3.91. The van der Waals surface area contributed by atoms with Crippen LogP contribution in [0.1, 0.15) is 22.7 Å². The number of hydrogen-bond donors (Lipinski definition) is 1. The van der Waals surface area contributed by atoms with Gasteiger partial charge in [0.25, 0.3) is 0 Å². The molecule has 0 aliphatic carbocycles. The van der Waals surface area contributed by atoms with Crippen molar-refractivity contribution < 1.29 is 0 Å². The topological polar surface area (TPSA) is 54.5 Å². The molecule has 112 valence electrons. The zero-order valence-electron chi connectivity index (χ0n) is 12.1. The molecule has 0 bridgehead atoms. The highest BCUT2D eigenvalue weighted by atomic mass is 35.5. The molecule has 1 aromatic carbocycles. The Bertz CT molecular complexity index is 936. The maximum Gasteiger partial charge on any atom is 0.0922 e. The van der Waals surface area contributed by atoms with Crippen LogP contribution in [0.2, 0.25) is 5.02 Å². The summed E-state index contributed by atoms with van der Waals surface area (Å²) < 4.78 is 0. The summed E-state index contributed by atoms with van der Waals surface area (Å²) in [6.45, 7) is 0. The second-order valence-electron chi connectivity index (χ2n) is 5.27. The third-order valence-corrected chi connectivity index (χ3v) is 4.33. The highest BCUT2D eigenvalue weighted by Crippen LogP contribution is 2.37. The molecule has 1 unspecified atom stereocenters. The molecule has 0 aliphatic rings. The minimum atomic E-state index is -0.0525. The van der Waals surface area contributed by atoms with E-state index >= 15 is 0 Å². The van der Waals surface area contributed by atoms with Crippen molar-refractivity contribution in [3.8, 4) is 0 Å². The predicted octanol–water partition coefficient (Wildman–Crippen LogP) is 4.19. The van der Waals surface area contributed by atoms with Crippen LogP contribution in [0.5, 0.6) is 0 Å². The van der Waals surface area contributed by atoms with Gasteiger partial charge < -0.3 is 4.98 Å². The minimum Gasteiger partial charge on any atom is -0.348 e. The van der Waals surface area contributed by atoms with Gasteiger partial charge in [0.05, 0.1) is 22.8 Å². The molecule has 4 rings (SSSR count). The summed E-state index contributed by atoms with van der Waals surface area (Å²) >= 11 is 6.71. The highest BCUT2D eigenvalue weighted by Gasteiger charge is 2.22. The van der Waals surface area contributed by atoms with Crippen molar-refractivity contribution in [2.24, 2.45) is 0 Å². The SMILES string of the molecule is Clc1c(C(c2cccnc2)c2cnc[nH]2)ccc2ncccc12. The molecule has 0 saturated heterocycles. The van der Waals surface area contributed by atoms with E-state index in [1.807, 2.05) is 48.8 Å². The highest BCUT2D eigenvalue weighted by molar-refractivity contribution is 6.36. The van der Waals surface area contributed by atoms with Crippen LogP contribution >= 0.6 is 11.6 Å². The smallest absolute Gasteiger partial charge is 0.0922 e. The number of aromatic nitrogens is 4. The number of imidazole rings is 1. The van der Waals surface area contributed by atoms with Gasteiger partial charge in [0.15, 0.2) is 0 Å². The van der Waals surface area contributed by atoms with E-state index in [9.17, 15) is 0 Å². The Morgan fingerprint density at radius 3 is 2.65 bits per heavy atom. The third kappa shape index (κ3) is 2.47. The van der Waals surface area contributed by atoms with Gasteiger partial charge in [0.2, 0.25) is 0 Å². The van der Waals surface area contributed by atoms with Crippen molar-refractivity contribution in [3.05, 3.63) is 89.4 Å². The Morgan fingerprint density at radius 2 is 1.87 bits per heavy atom. The fraction of sp³-hybridized carbons (Fsp3) is 0.0556. The molecular weight excluding hydrogens is 308 g/mol. The molecule has 0 fully saturated rings. The normalized spacial score (nSPS) is 12.4. The van der Waals surface area contributed by atoms with Gasteiger partial charge in [-0.15, -0.1) is 0 Å². The van der Waals surface area contributed by atoms with Gasteiger partial charge in [-0.2, -0.15) is 0 Å². The Balaban J connectivity index is 1.96. The molecule has 0 amide bonds. The lowest BCUT2D eigenvalue weighted by Gasteiger charge is -2.18. The van der Waals surface area contributed by atoms with Crippen LogP contribution < -0.4 is 0 Å². The first-order valence-corrected chi connectivity index (χ1v) is 7.63. The van der Waals surface area contributed by atoms with Crippen LogP contribution in [-0.2, 0) is 0 Å². The molecule has 0 radical (unpaired) electrons. The Hall–Kier alpha value is -2.72.